The fourth-order valence-electron chi connectivity index (χ4n) is 1.65. The molecule has 0 aliphatic rings. The Kier molecular flexibility index (Phi) is 3.07. The summed E-state index contributed by atoms with van der Waals surface area (Å²) in [6, 6.07) is 10.2. The Hall–Kier alpha value is -2.01. The van der Waals surface area contributed by atoms with Gasteiger partial charge in [-0.1, -0.05) is 18.2 Å². The Balaban J connectivity index is 2.32. The lowest BCUT2D eigenvalue weighted by Crippen LogP contribution is -2.04. The third-order valence-corrected chi connectivity index (χ3v) is 2.48. The van der Waals surface area contributed by atoms with E-state index in [0.29, 0.717) is 6.42 Å². The number of pyridine rings is 1. The number of nitrogens with zero attached hydrogens (tertiary/aromatic N) is 1. The molecule has 0 unspecified atom stereocenters. The predicted octanol–water partition coefficient (Wildman–Crippen LogP) is 2.98. The fourth-order valence-corrected chi connectivity index (χ4v) is 1.65. The van der Waals surface area contributed by atoms with Crippen LogP contribution in [-0.2, 0) is 0 Å². The molecular weight excluding hydrogens is 196 g/mol. The number of anilines is 1. The van der Waals surface area contributed by atoms with E-state index in [-0.39, 0.29) is 0 Å². The van der Waals surface area contributed by atoms with Crippen molar-refractivity contribution in [1.29, 1.82) is 0 Å². The molecule has 0 saturated carbocycles. The van der Waals surface area contributed by atoms with Gasteiger partial charge in [0.1, 0.15) is 5.82 Å². The van der Waals surface area contributed by atoms with Gasteiger partial charge in [-0.05, 0) is 24.6 Å². The van der Waals surface area contributed by atoms with Gasteiger partial charge in [0.2, 0.25) is 0 Å². The quantitative estimate of drug-likeness (QED) is 0.622. The summed E-state index contributed by atoms with van der Waals surface area (Å²) in [6.45, 7) is 2.82. The topological polar surface area (TPSA) is 24.9 Å². The molecule has 16 heavy (non-hydrogen) atoms. The summed E-state index contributed by atoms with van der Waals surface area (Å²) in [5, 5.41) is 4.42. The van der Waals surface area contributed by atoms with Crippen molar-refractivity contribution < 1.29 is 0 Å². The van der Waals surface area contributed by atoms with E-state index < -0.39 is 0 Å². The Labute approximate surface area is 95.7 Å². The van der Waals surface area contributed by atoms with Crippen molar-refractivity contribution in [3.63, 3.8) is 0 Å². The largest absolute Gasteiger partial charge is 0.369 e. The lowest BCUT2D eigenvalue weighted by Gasteiger charge is -2.08. The fraction of sp³-hybridized carbons (Fsp3) is 0.214. The number of hydrogen-bond donors (Lipinski definition) is 1. The first-order chi connectivity index (χ1) is 7.81. The van der Waals surface area contributed by atoms with Gasteiger partial charge in [0, 0.05) is 18.4 Å². The van der Waals surface area contributed by atoms with Crippen LogP contribution >= 0.6 is 0 Å². The maximum absolute atomic E-state index is 5.21. The Morgan fingerprint density at radius 2 is 2.19 bits per heavy atom. The number of para-hydroxylation sites is 1. The number of terminal acetylenes is 1. The highest BCUT2D eigenvalue weighted by Gasteiger charge is 2.01. The molecule has 2 rings (SSSR count). The number of aromatic nitrogens is 1. The molecule has 0 aliphatic carbocycles. The standard InChI is InChI=1S/C14H14N2/c1-3-4-9-15-14-11(2)10-12-7-5-6-8-13(12)16-14/h1,5-8,10H,4,9H2,2H3,(H,15,16). The Morgan fingerprint density at radius 1 is 1.38 bits per heavy atom. The third-order valence-electron chi connectivity index (χ3n) is 2.48. The van der Waals surface area contributed by atoms with Crippen LogP contribution in [-0.4, -0.2) is 11.5 Å². The molecule has 0 fully saturated rings. The summed E-state index contributed by atoms with van der Waals surface area (Å²) in [6.07, 6.45) is 5.93. The van der Waals surface area contributed by atoms with Crippen LogP contribution in [0.3, 0.4) is 0 Å². The zero-order valence-electron chi connectivity index (χ0n) is 9.33. The molecule has 1 aromatic carbocycles. The summed E-state index contributed by atoms with van der Waals surface area (Å²) < 4.78 is 0. The van der Waals surface area contributed by atoms with Crippen molar-refractivity contribution >= 4 is 16.7 Å². The number of hydrogen-bond acceptors (Lipinski definition) is 2. The number of rotatable bonds is 3. The zero-order chi connectivity index (χ0) is 11.4. The third kappa shape index (κ3) is 2.14. The number of nitrogens with one attached hydrogen (secondary N) is 1. The first kappa shape index (κ1) is 10.5. The molecule has 0 aliphatic heterocycles. The lowest BCUT2D eigenvalue weighted by atomic mass is 10.1. The second-order valence-corrected chi connectivity index (χ2v) is 3.73. The van der Waals surface area contributed by atoms with Crippen molar-refractivity contribution in [3.05, 3.63) is 35.9 Å². The zero-order valence-corrected chi connectivity index (χ0v) is 9.33. The van der Waals surface area contributed by atoms with E-state index in [0.717, 1.165) is 23.4 Å². The van der Waals surface area contributed by atoms with Crippen LogP contribution in [0.15, 0.2) is 30.3 Å². The Bertz CT molecular complexity index is 538. The summed E-state index contributed by atoms with van der Waals surface area (Å²) in [5.74, 6) is 3.53. The molecule has 80 valence electrons. The van der Waals surface area contributed by atoms with Gasteiger partial charge in [-0.2, -0.15) is 0 Å². The molecule has 0 amide bonds. The van der Waals surface area contributed by atoms with Crippen LogP contribution in [0.1, 0.15) is 12.0 Å². The maximum Gasteiger partial charge on any atom is 0.129 e. The number of fused-ring (bicyclic) bond motifs is 1. The number of aryl methyl sites for hydroxylation is 1. The molecule has 2 heteroatoms. The summed E-state index contributed by atoms with van der Waals surface area (Å²) in [5.41, 5.74) is 2.16. The molecule has 0 spiro atoms. The summed E-state index contributed by atoms with van der Waals surface area (Å²) >= 11 is 0. The van der Waals surface area contributed by atoms with Crippen LogP contribution < -0.4 is 5.32 Å². The SMILES string of the molecule is C#CCCNc1nc2ccccc2cc1C. The van der Waals surface area contributed by atoms with Gasteiger partial charge in [-0.15, -0.1) is 12.3 Å². The van der Waals surface area contributed by atoms with Gasteiger partial charge in [-0.25, -0.2) is 4.98 Å². The summed E-state index contributed by atoms with van der Waals surface area (Å²) in [7, 11) is 0. The molecule has 0 saturated heterocycles. The minimum atomic E-state index is 0.716. The van der Waals surface area contributed by atoms with Crippen LogP contribution in [0, 0.1) is 19.3 Å². The van der Waals surface area contributed by atoms with Crippen molar-refractivity contribution in [3.8, 4) is 12.3 Å². The van der Waals surface area contributed by atoms with E-state index in [9.17, 15) is 0 Å². The van der Waals surface area contributed by atoms with E-state index >= 15 is 0 Å². The van der Waals surface area contributed by atoms with Gasteiger partial charge in [0.25, 0.3) is 0 Å². The first-order valence-corrected chi connectivity index (χ1v) is 5.35. The van der Waals surface area contributed by atoms with Crippen LogP contribution in [0.2, 0.25) is 0 Å². The average Bonchev–Trinajstić information content (AvgIpc) is 2.30. The molecule has 1 N–H and O–H groups in total. The van der Waals surface area contributed by atoms with E-state index in [4.69, 9.17) is 6.42 Å². The highest BCUT2D eigenvalue weighted by molar-refractivity contribution is 5.81. The van der Waals surface area contributed by atoms with Gasteiger partial charge >= 0.3 is 0 Å². The normalized spacial score (nSPS) is 10.0. The van der Waals surface area contributed by atoms with Crippen LogP contribution in [0.25, 0.3) is 10.9 Å². The second kappa shape index (κ2) is 4.67. The minimum absolute atomic E-state index is 0.716. The average molecular weight is 210 g/mol. The molecule has 0 radical (unpaired) electrons. The first-order valence-electron chi connectivity index (χ1n) is 5.35. The molecular formula is C14H14N2. The molecule has 0 bridgehead atoms. The molecule has 2 aromatic rings. The van der Waals surface area contributed by atoms with Gasteiger partial charge in [-0.3, -0.25) is 0 Å². The van der Waals surface area contributed by atoms with Crippen molar-refractivity contribution in [2.45, 2.75) is 13.3 Å². The monoisotopic (exact) mass is 210 g/mol. The van der Waals surface area contributed by atoms with Gasteiger partial charge in [0.05, 0.1) is 5.52 Å². The van der Waals surface area contributed by atoms with E-state index in [1.807, 2.05) is 18.2 Å². The van der Waals surface area contributed by atoms with Gasteiger partial charge < -0.3 is 5.32 Å². The van der Waals surface area contributed by atoms with E-state index in [2.05, 4.69) is 35.3 Å². The highest BCUT2D eigenvalue weighted by Crippen LogP contribution is 2.19. The molecule has 0 atom stereocenters. The van der Waals surface area contributed by atoms with Crippen molar-refractivity contribution in [2.24, 2.45) is 0 Å². The highest BCUT2D eigenvalue weighted by atomic mass is 15.0. The molecule has 2 nitrogen and oxygen atoms in total. The van der Waals surface area contributed by atoms with E-state index in [1.165, 1.54) is 5.39 Å². The maximum atomic E-state index is 5.21. The Morgan fingerprint density at radius 3 is 3.00 bits per heavy atom. The summed E-state index contributed by atoms with van der Waals surface area (Å²) in [4.78, 5) is 4.57. The predicted molar refractivity (Wildman–Crippen MR) is 68.4 cm³/mol. The van der Waals surface area contributed by atoms with Crippen LogP contribution in [0.5, 0.6) is 0 Å². The van der Waals surface area contributed by atoms with E-state index in [1.54, 1.807) is 0 Å². The minimum Gasteiger partial charge on any atom is -0.369 e. The van der Waals surface area contributed by atoms with Crippen molar-refractivity contribution in [1.82, 2.24) is 4.98 Å². The molecule has 1 aromatic heterocycles. The van der Waals surface area contributed by atoms with Crippen molar-refractivity contribution in [2.75, 3.05) is 11.9 Å². The number of benzene rings is 1. The van der Waals surface area contributed by atoms with Gasteiger partial charge in [0.15, 0.2) is 0 Å². The smallest absolute Gasteiger partial charge is 0.129 e. The van der Waals surface area contributed by atoms with Crippen LogP contribution in [0.4, 0.5) is 5.82 Å². The lowest BCUT2D eigenvalue weighted by molar-refractivity contribution is 1.07. The molecule has 1 heterocycles. The second-order valence-electron chi connectivity index (χ2n) is 3.73.